The van der Waals surface area contributed by atoms with Crippen LogP contribution in [0.5, 0.6) is 0 Å². The Bertz CT molecular complexity index is 589. The van der Waals surface area contributed by atoms with Crippen molar-refractivity contribution in [3.8, 4) is 0 Å². The molecule has 7 nitrogen and oxygen atoms in total. The van der Waals surface area contributed by atoms with Gasteiger partial charge in [0.1, 0.15) is 5.51 Å². The molecule has 1 atom stereocenters. The van der Waals surface area contributed by atoms with E-state index in [4.69, 9.17) is 0 Å². The highest BCUT2D eigenvalue weighted by Crippen LogP contribution is 2.13. The Kier molecular flexibility index (Phi) is 5.62. The number of hydrogen-bond acceptors (Lipinski definition) is 6. The molecule has 0 saturated carbocycles. The summed E-state index contributed by atoms with van der Waals surface area (Å²) >= 11 is 1.32. The van der Waals surface area contributed by atoms with Gasteiger partial charge in [0.05, 0.1) is 11.7 Å². The monoisotopic (exact) mass is 322 g/mol. The van der Waals surface area contributed by atoms with Crippen LogP contribution in [-0.4, -0.2) is 50.8 Å². The Hall–Kier alpha value is -1.80. The summed E-state index contributed by atoms with van der Waals surface area (Å²) in [5.41, 5.74) is 5.06. The zero-order chi connectivity index (χ0) is 16.1. The lowest BCUT2D eigenvalue weighted by molar-refractivity contribution is -0.120. The summed E-state index contributed by atoms with van der Waals surface area (Å²) in [6, 6.07) is -0.213. The van der Waals surface area contributed by atoms with E-state index in [9.17, 15) is 4.79 Å². The summed E-state index contributed by atoms with van der Waals surface area (Å²) in [6.07, 6.45) is 1.94. The maximum absolute atomic E-state index is 12.1. The minimum atomic E-state index is -0.213. The van der Waals surface area contributed by atoms with Crippen molar-refractivity contribution >= 4 is 22.4 Å². The van der Waals surface area contributed by atoms with Crippen LogP contribution < -0.4 is 5.32 Å². The molecule has 0 aliphatic carbocycles. The van der Waals surface area contributed by atoms with Crippen LogP contribution in [0.3, 0.4) is 0 Å². The lowest BCUT2D eigenvalue weighted by Crippen LogP contribution is -2.40. The molecule has 2 aromatic heterocycles. The summed E-state index contributed by atoms with van der Waals surface area (Å²) in [6.45, 7) is 6.79. The molecule has 0 unspecified atom stereocenters. The first-order chi connectivity index (χ1) is 10.5. The molecule has 22 heavy (non-hydrogen) atoms. The smallest absolute Gasteiger partial charge is 0.243 e. The summed E-state index contributed by atoms with van der Waals surface area (Å²) in [5.74, 6) is -0.0603. The van der Waals surface area contributed by atoms with Gasteiger partial charge in [-0.2, -0.15) is 5.10 Å². The molecule has 2 N–H and O–H groups in total. The largest absolute Gasteiger partial charge is 0.299 e. The Morgan fingerprint density at radius 3 is 2.86 bits per heavy atom. The van der Waals surface area contributed by atoms with Crippen LogP contribution >= 0.6 is 11.3 Å². The topological polar surface area (TPSA) is 86.8 Å². The number of rotatable bonds is 7. The number of hydrogen-bond donors (Lipinski definition) is 2. The molecule has 0 bridgehead atoms. The van der Waals surface area contributed by atoms with Gasteiger partial charge in [-0.3, -0.25) is 20.1 Å². The predicted molar refractivity (Wildman–Crippen MR) is 87.0 cm³/mol. The van der Waals surface area contributed by atoms with E-state index < -0.39 is 0 Å². The molecule has 2 aromatic rings. The number of nitrogens with one attached hydrogen (secondary N) is 2. The van der Waals surface area contributed by atoms with Gasteiger partial charge in [0, 0.05) is 5.69 Å². The first kappa shape index (κ1) is 16.6. The van der Waals surface area contributed by atoms with E-state index in [1.165, 1.54) is 16.9 Å². The third-order valence-electron chi connectivity index (χ3n) is 3.85. The number of H-pyrrole nitrogens is 1. The molecule has 2 rings (SSSR count). The number of aromatic nitrogens is 4. The number of aromatic amines is 1. The van der Waals surface area contributed by atoms with Crippen molar-refractivity contribution < 1.29 is 4.79 Å². The average molecular weight is 322 g/mol. The normalized spacial score (nSPS) is 12.6. The molecule has 2 heterocycles. The molecule has 0 aromatic carbocycles. The molecule has 1 amide bonds. The van der Waals surface area contributed by atoms with Crippen LogP contribution in [0.2, 0.25) is 0 Å². The van der Waals surface area contributed by atoms with Crippen molar-refractivity contribution in [2.75, 3.05) is 18.9 Å². The Morgan fingerprint density at radius 1 is 1.50 bits per heavy atom. The lowest BCUT2D eigenvalue weighted by atomic mass is 10.1. The van der Waals surface area contributed by atoms with Gasteiger partial charge in [-0.15, -0.1) is 10.2 Å². The third-order valence-corrected chi connectivity index (χ3v) is 4.46. The van der Waals surface area contributed by atoms with Gasteiger partial charge in [-0.05, 0) is 52.8 Å². The second-order valence-corrected chi connectivity index (χ2v) is 6.24. The van der Waals surface area contributed by atoms with E-state index >= 15 is 0 Å². The predicted octanol–water partition coefficient (Wildman–Crippen LogP) is 1.77. The fraction of sp³-hybridized carbons (Fsp3) is 0.571. The fourth-order valence-corrected chi connectivity index (χ4v) is 2.73. The number of likely N-dealkylation sites (N-methyl/N-ethyl adjacent to an activating group) is 1. The number of nitrogens with zero attached hydrogens (tertiary/aromatic N) is 4. The van der Waals surface area contributed by atoms with Crippen LogP contribution in [0, 0.1) is 13.8 Å². The summed E-state index contributed by atoms with van der Waals surface area (Å²) in [4.78, 5) is 14.2. The van der Waals surface area contributed by atoms with Crippen LogP contribution in [0.15, 0.2) is 5.51 Å². The summed E-state index contributed by atoms with van der Waals surface area (Å²) in [5, 5.41) is 18.0. The molecule has 0 spiro atoms. The first-order valence-corrected chi connectivity index (χ1v) is 8.14. The second kappa shape index (κ2) is 7.46. The van der Waals surface area contributed by atoms with Crippen molar-refractivity contribution in [2.24, 2.45) is 0 Å². The maximum atomic E-state index is 12.1. The van der Waals surface area contributed by atoms with Gasteiger partial charge in [0.25, 0.3) is 0 Å². The van der Waals surface area contributed by atoms with Crippen LogP contribution in [0.1, 0.15) is 30.3 Å². The zero-order valence-corrected chi connectivity index (χ0v) is 14.2. The summed E-state index contributed by atoms with van der Waals surface area (Å²) < 4.78 is 0. The molecule has 0 aliphatic heterocycles. The SMILES string of the molecule is Cc1n[nH]c(C)c1CCCN(C)[C@@H](C)C(=O)Nc1nncs1. The van der Waals surface area contributed by atoms with E-state index in [1.54, 1.807) is 5.51 Å². The lowest BCUT2D eigenvalue weighted by Gasteiger charge is -2.23. The third kappa shape index (κ3) is 4.11. The molecular weight excluding hydrogens is 300 g/mol. The van der Waals surface area contributed by atoms with Gasteiger partial charge in [0.15, 0.2) is 0 Å². The number of aryl methyl sites for hydroxylation is 2. The second-order valence-electron chi connectivity index (χ2n) is 5.41. The van der Waals surface area contributed by atoms with Gasteiger partial charge < -0.3 is 0 Å². The van der Waals surface area contributed by atoms with Crippen molar-refractivity contribution in [3.05, 3.63) is 22.5 Å². The zero-order valence-electron chi connectivity index (χ0n) is 13.4. The van der Waals surface area contributed by atoms with Gasteiger partial charge in [-0.25, -0.2) is 0 Å². The number of carbonyl (C=O) groups is 1. The molecule has 8 heteroatoms. The molecule has 0 saturated heterocycles. The molecule has 120 valence electrons. The molecule has 0 aliphatic rings. The van der Waals surface area contributed by atoms with Gasteiger partial charge >= 0.3 is 0 Å². The van der Waals surface area contributed by atoms with Crippen molar-refractivity contribution in [3.63, 3.8) is 0 Å². The van der Waals surface area contributed by atoms with E-state index in [0.29, 0.717) is 5.13 Å². The Balaban J connectivity index is 1.78. The van der Waals surface area contributed by atoms with Crippen molar-refractivity contribution in [2.45, 2.75) is 39.7 Å². The number of anilines is 1. The highest BCUT2D eigenvalue weighted by Gasteiger charge is 2.19. The quantitative estimate of drug-likeness (QED) is 0.811. The fourth-order valence-electron chi connectivity index (χ4n) is 2.28. The highest BCUT2D eigenvalue weighted by atomic mass is 32.1. The van der Waals surface area contributed by atoms with E-state index in [-0.39, 0.29) is 11.9 Å². The standard InChI is InChI=1S/C14H22N6OS/c1-9-12(10(2)18-17-9)6-5-7-20(4)11(3)13(21)16-14-19-15-8-22-14/h8,11H,5-7H2,1-4H3,(H,17,18)(H,16,19,21)/t11-/m0/s1. The molecule has 0 radical (unpaired) electrons. The minimum Gasteiger partial charge on any atom is -0.299 e. The summed E-state index contributed by atoms with van der Waals surface area (Å²) in [7, 11) is 1.96. The van der Waals surface area contributed by atoms with Gasteiger partial charge in [0.2, 0.25) is 11.0 Å². The first-order valence-electron chi connectivity index (χ1n) is 7.26. The number of carbonyl (C=O) groups excluding carboxylic acids is 1. The van der Waals surface area contributed by atoms with Crippen molar-refractivity contribution in [1.82, 2.24) is 25.3 Å². The van der Waals surface area contributed by atoms with Gasteiger partial charge in [-0.1, -0.05) is 11.3 Å². The average Bonchev–Trinajstić information content (AvgIpc) is 3.10. The van der Waals surface area contributed by atoms with Crippen LogP contribution in [-0.2, 0) is 11.2 Å². The van der Waals surface area contributed by atoms with Crippen LogP contribution in [0.25, 0.3) is 0 Å². The number of amides is 1. The van der Waals surface area contributed by atoms with Crippen molar-refractivity contribution in [1.29, 1.82) is 0 Å². The van der Waals surface area contributed by atoms with E-state index in [0.717, 1.165) is 30.8 Å². The van der Waals surface area contributed by atoms with Crippen LogP contribution in [0.4, 0.5) is 5.13 Å². The Labute approximate surface area is 134 Å². The minimum absolute atomic E-state index is 0.0603. The Morgan fingerprint density at radius 2 is 2.27 bits per heavy atom. The van der Waals surface area contributed by atoms with E-state index in [1.807, 2.05) is 32.7 Å². The maximum Gasteiger partial charge on any atom is 0.243 e. The van der Waals surface area contributed by atoms with E-state index in [2.05, 4.69) is 25.7 Å². The highest BCUT2D eigenvalue weighted by molar-refractivity contribution is 7.13. The molecule has 0 fully saturated rings. The molecular formula is C14H22N6OS.